The molecular formula is C22H23N3O3. The minimum Gasteiger partial charge on any atom is -0.479 e. The summed E-state index contributed by atoms with van der Waals surface area (Å²) < 4.78 is 5.63. The number of carbonyl (C=O) groups is 2. The lowest BCUT2D eigenvalue weighted by Crippen LogP contribution is -2.34. The number of carbonyl (C=O) groups excluding carboxylic acids is 2. The van der Waals surface area contributed by atoms with E-state index in [2.05, 4.69) is 27.7 Å². The van der Waals surface area contributed by atoms with Crippen LogP contribution >= 0.6 is 0 Å². The molecule has 28 heavy (non-hydrogen) atoms. The van der Waals surface area contributed by atoms with Gasteiger partial charge in [0.1, 0.15) is 5.75 Å². The van der Waals surface area contributed by atoms with Crippen molar-refractivity contribution in [1.29, 1.82) is 0 Å². The quantitative estimate of drug-likeness (QED) is 0.858. The predicted octanol–water partition coefficient (Wildman–Crippen LogP) is 3.27. The molecule has 2 amide bonds. The van der Waals surface area contributed by atoms with Crippen molar-refractivity contribution in [3.05, 3.63) is 53.1 Å². The van der Waals surface area contributed by atoms with E-state index in [1.807, 2.05) is 24.3 Å². The van der Waals surface area contributed by atoms with Crippen LogP contribution in [0.15, 0.2) is 36.4 Å². The average molecular weight is 377 g/mol. The van der Waals surface area contributed by atoms with Gasteiger partial charge in [0.05, 0.1) is 5.69 Å². The molecule has 2 heterocycles. The maximum Gasteiger partial charge on any atom is 0.265 e. The topological polar surface area (TPSA) is 70.7 Å². The van der Waals surface area contributed by atoms with Crippen LogP contribution in [0.25, 0.3) is 0 Å². The van der Waals surface area contributed by atoms with Gasteiger partial charge < -0.3 is 15.4 Å². The second kappa shape index (κ2) is 6.63. The van der Waals surface area contributed by atoms with Crippen LogP contribution in [0.3, 0.4) is 0 Å². The number of hydrogen-bond donors (Lipinski definition) is 2. The van der Waals surface area contributed by atoms with Crippen molar-refractivity contribution in [2.75, 3.05) is 10.6 Å². The lowest BCUT2D eigenvalue weighted by atomic mass is 10.1. The van der Waals surface area contributed by atoms with Gasteiger partial charge in [-0.1, -0.05) is 12.1 Å². The first-order valence-electron chi connectivity index (χ1n) is 9.80. The number of anilines is 2. The van der Waals surface area contributed by atoms with Gasteiger partial charge in [0.15, 0.2) is 6.10 Å². The zero-order valence-electron chi connectivity index (χ0n) is 15.8. The second-order valence-corrected chi connectivity index (χ2v) is 7.97. The van der Waals surface area contributed by atoms with Crippen molar-refractivity contribution in [2.24, 2.45) is 5.92 Å². The molecular weight excluding hydrogens is 354 g/mol. The van der Waals surface area contributed by atoms with Gasteiger partial charge in [-0.3, -0.25) is 14.5 Å². The Balaban J connectivity index is 1.26. The average Bonchev–Trinajstić information content (AvgIpc) is 3.44. The molecule has 6 heteroatoms. The van der Waals surface area contributed by atoms with E-state index in [0.717, 1.165) is 55.2 Å². The van der Waals surface area contributed by atoms with Gasteiger partial charge in [0.25, 0.3) is 5.91 Å². The van der Waals surface area contributed by atoms with Crippen LogP contribution in [0.1, 0.15) is 36.5 Å². The molecule has 144 valence electrons. The summed E-state index contributed by atoms with van der Waals surface area (Å²) >= 11 is 0. The van der Waals surface area contributed by atoms with Crippen molar-refractivity contribution >= 4 is 23.2 Å². The maximum atomic E-state index is 12.0. The molecule has 1 unspecified atom stereocenters. The fourth-order valence-electron chi connectivity index (χ4n) is 3.86. The molecule has 0 radical (unpaired) electrons. The molecule has 2 aliphatic heterocycles. The Morgan fingerprint density at radius 3 is 2.82 bits per heavy atom. The first kappa shape index (κ1) is 17.3. The Morgan fingerprint density at radius 1 is 1.18 bits per heavy atom. The molecule has 0 aromatic heterocycles. The lowest BCUT2D eigenvalue weighted by molar-refractivity contribution is -0.122. The summed E-state index contributed by atoms with van der Waals surface area (Å²) in [5, 5.41) is 5.94. The zero-order valence-corrected chi connectivity index (χ0v) is 15.8. The van der Waals surface area contributed by atoms with Crippen LogP contribution in [0.5, 0.6) is 5.75 Å². The van der Waals surface area contributed by atoms with Gasteiger partial charge in [-0.25, -0.2) is 0 Å². The number of rotatable bonds is 4. The molecule has 0 bridgehead atoms. The minimum absolute atomic E-state index is 0.112. The van der Waals surface area contributed by atoms with E-state index < -0.39 is 6.10 Å². The largest absolute Gasteiger partial charge is 0.479 e. The smallest absolute Gasteiger partial charge is 0.265 e. The van der Waals surface area contributed by atoms with Gasteiger partial charge in [-0.15, -0.1) is 0 Å². The molecule has 1 atom stereocenters. The van der Waals surface area contributed by atoms with Crippen LogP contribution in [-0.4, -0.2) is 22.8 Å². The maximum absolute atomic E-state index is 12.0. The zero-order chi connectivity index (χ0) is 19.3. The summed E-state index contributed by atoms with van der Waals surface area (Å²) in [6.45, 7) is 4.26. The summed E-state index contributed by atoms with van der Waals surface area (Å²) in [5.74, 6) is 0.958. The third-order valence-corrected chi connectivity index (χ3v) is 5.59. The van der Waals surface area contributed by atoms with E-state index in [-0.39, 0.29) is 17.7 Å². The number of hydrogen-bond acceptors (Lipinski definition) is 4. The number of nitrogens with zero attached hydrogens (tertiary/aromatic N) is 1. The molecule has 2 N–H and O–H groups in total. The molecule has 0 saturated heterocycles. The van der Waals surface area contributed by atoms with Crippen molar-refractivity contribution in [3.63, 3.8) is 0 Å². The second-order valence-electron chi connectivity index (χ2n) is 7.97. The molecule has 3 aliphatic rings. The third-order valence-electron chi connectivity index (χ3n) is 5.59. The Labute approximate surface area is 163 Å². The van der Waals surface area contributed by atoms with Gasteiger partial charge in [0.2, 0.25) is 5.91 Å². The first-order valence-corrected chi connectivity index (χ1v) is 9.80. The number of benzene rings is 2. The van der Waals surface area contributed by atoms with Gasteiger partial charge in [-0.2, -0.15) is 0 Å². The first-order chi connectivity index (χ1) is 13.5. The van der Waals surface area contributed by atoms with E-state index in [9.17, 15) is 9.59 Å². The molecule has 1 fully saturated rings. The number of amides is 2. The van der Waals surface area contributed by atoms with Crippen molar-refractivity contribution in [1.82, 2.24) is 4.90 Å². The standard InChI is InChI=1S/C22H23N3O3/c1-13-21(26)24-19-8-14(2-7-20(19)28-13)10-25-11-16-5-6-18(9-17(16)12-25)23-22(27)15-3-4-15/h2,5-9,13,15H,3-4,10-12H2,1H3,(H,23,27)(H,24,26). The molecule has 0 spiro atoms. The Morgan fingerprint density at radius 2 is 2.00 bits per heavy atom. The van der Waals surface area contributed by atoms with Crippen LogP contribution in [0.4, 0.5) is 11.4 Å². The number of fused-ring (bicyclic) bond motifs is 2. The normalized spacial score (nSPS) is 20.8. The fourth-order valence-corrected chi connectivity index (χ4v) is 3.86. The predicted molar refractivity (Wildman–Crippen MR) is 106 cm³/mol. The summed E-state index contributed by atoms with van der Waals surface area (Å²) in [6, 6.07) is 12.2. The highest BCUT2D eigenvalue weighted by Crippen LogP contribution is 2.33. The third kappa shape index (κ3) is 3.36. The highest BCUT2D eigenvalue weighted by molar-refractivity contribution is 5.97. The Hall–Kier alpha value is -2.86. The van der Waals surface area contributed by atoms with Crippen molar-refractivity contribution in [2.45, 2.75) is 45.5 Å². The SMILES string of the molecule is CC1Oc2ccc(CN3Cc4ccc(NC(=O)C5CC5)cc4C3)cc2NC1=O. The molecule has 1 saturated carbocycles. The summed E-state index contributed by atoms with van der Waals surface area (Å²) in [4.78, 5) is 26.2. The van der Waals surface area contributed by atoms with Gasteiger partial charge >= 0.3 is 0 Å². The van der Waals surface area contributed by atoms with Crippen LogP contribution in [0, 0.1) is 5.92 Å². The van der Waals surface area contributed by atoms with Crippen molar-refractivity contribution in [3.8, 4) is 5.75 Å². The molecule has 2 aromatic carbocycles. The van der Waals surface area contributed by atoms with E-state index in [4.69, 9.17) is 4.74 Å². The van der Waals surface area contributed by atoms with Crippen LogP contribution in [0.2, 0.25) is 0 Å². The summed E-state index contributed by atoms with van der Waals surface area (Å²) in [6.07, 6.45) is 1.56. The molecule has 1 aliphatic carbocycles. The van der Waals surface area contributed by atoms with Gasteiger partial charge in [0, 0.05) is 31.2 Å². The van der Waals surface area contributed by atoms with Crippen molar-refractivity contribution < 1.29 is 14.3 Å². The summed E-state index contributed by atoms with van der Waals surface area (Å²) in [5.41, 5.74) is 5.32. The van der Waals surface area contributed by atoms with Crippen LogP contribution in [-0.2, 0) is 29.2 Å². The fraction of sp³-hybridized carbons (Fsp3) is 0.364. The summed E-state index contributed by atoms with van der Waals surface area (Å²) in [7, 11) is 0. The van der Waals surface area contributed by atoms with E-state index in [1.54, 1.807) is 6.92 Å². The molecule has 5 rings (SSSR count). The number of nitrogens with one attached hydrogen (secondary N) is 2. The Kier molecular flexibility index (Phi) is 4.09. The highest BCUT2D eigenvalue weighted by atomic mass is 16.5. The highest BCUT2D eigenvalue weighted by Gasteiger charge is 2.30. The van der Waals surface area contributed by atoms with E-state index >= 15 is 0 Å². The Bertz CT molecular complexity index is 967. The molecule has 2 aromatic rings. The van der Waals surface area contributed by atoms with Crippen LogP contribution < -0.4 is 15.4 Å². The number of ether oxygens (including phenoxy) is 1. The van der Waals surface area contributed by atoms with E-state index in [0.29, 0.717) is 0 Å². The monoisotopic (exact) mass is 377 g/mol. The lowest BCUT2D eigenvalue weighted by Gasteiger charge is -2.24. The molecule has 6 nitrogen and oxygen atoms in total. The van der Waals surface area contributed by atoms with Gasteiger partial charge in [-0.05, 0) is 60.7 Å². The van der Waals surface area contributed by atoms with E-state index in [1.165, 1.54) is 11.1 Å². The minimum atomic E-state index is -0.457.